The van der Waals surface area contributed by atoms with E-state index in [1.165, 1.54) is 12.8 Å². The van der Waals surface area contributed by atoms with Gasteiger partial charge in [-0.1, -0.05) is 6.92 Å². The number of halogens is 1. The van der Waals surface area contributed by atoms with E-state index in [4.69, 9.17) is 4.74 Å². The van der Waals surface area contributed by atoms with Crippen LogP contribution >= 0.6 is 15.9 Å². The minimum absolute atomic E-state index is 0.173. The molecule has 98 valence electrons. The highest BCUT2D eigenvalue weighted by Crippen LogP contribution is 2.28. The molecule has 18 heavy (non-hydrogen) atoms. The van der Waals surface area contributed by atoms with Crippen molar-refractivity contribution in [2.45, 2.75) is 25.8 Å². The third-order valence-corrected chi connectivity index (χ3v) is 3.91. The predicted molar refractivity (Wildman–Crippen MR) is 75.3 cm³/mol. The minimum Gasteiger partial charge on any atom is -0.496 e. The van der Waals surface area contributed by atoms with Gasteiger partial charge in [0.05, 0.1) is 18.1 Å². The molecule has 0 heterocycles. The SMILES string of the molecule is CCN(CC(=O)c1ccc(OC)c(Br)c1)C1CC1. The Morgan fingerprint density at radius 2 is 2.22 bits per heavy atom. The van der Waals surface area contributed by atoms with Crippen molar-refractivity contribution < 1.29 is 9.53 Å². The number of carbonyl (C=O) groups excluding carboxylic acids is 1. The molecule has 0 N–H and O–H groups in total. The van der Waals surface area contributed by atoms with Gasteiger partial charge in [-0.2, -0.15) is 0 Å². The Morgan fingerprint density at radius 3 is 2.72 bits per heavy atom. The third kappa shape index (κ3) is 3.12. The maximum absolute atomic E-state index is 12.2. The van der Waals surface area contributed by atoms with Crippen LogP contribution in [0.3, 0.4) is 0 Å². The molecule has 1 aromatic carbocycles. The number of ketones is 1. The molecule has 0 amide bonds. The molecule has 0 atom stereocenters. The highest BCUT2D eigenvalue weighted by atomic mass is 79.9. The van der Waals surface area contributed by atoms with E-state index in [0.29, 0.717) is 12.6 Å². The summed E-state index contributed by atoms with van der Waals surface area (Å²) in [6.07, 6.45) is 2.46. The summed E-state index contributed by atoms with van der Waals surface area (Å²) < 4.78 is 5.99. The van der Waals surface area contributed by atoms with Crippen molar-refractivity contribution in [3.8, 4) is 5.75 Å². The van der Waals surface area contributed by atoms with Crippen LogP contribution in [-0.2, 0) is 0 Å². The Kier molecular flexibility index (Phi) is 4.40. The molecule has 3 nitrogen and oxygen atoms in total. The second-order valence-electron chi connectivity index (χ2n) is 4.57. The number of ether oxygens (including phenoxy) is 1. The van der Waals surface area contributed by atoms with Gasteiger partial charge in [-0.3, -0.25) is 9.69 Å². The lowest BCUT2D eigenvalue weighted by Crippen LogP contribution is -2.31. The normalized spacial score (nSPS) is 14.9. The van der Waals surface area contributed by atoms with E-state index in [-0.39, 0.29) is 5.78 Å². The summed E-state index contributed by atoms with van der Waals surface area (Å²) in [7, 11) is 1.62. The fourth-order valence-corrected chi connectivity index (χ4v) is 2.60. The van der Waals surface area contributed by atoms with E-state index in [1.807, 2.05) is 18.2 Å². The molecule has 1 aromatic rings. The van der Waals surface area contributed by atoms with Gasteiger partial charge < -0.3 is 4.74 Å². The van der Waals surface area contributed by atoms with Crippen LogP contribution in [0.25, 0.3) is 0 Å². The summed E-state index contributed by atoms with van der Waals surface area (Å²) >= 11 is 3.41. The lowest BCUT2D eigenvalue weighted by molar-refractivity contribution is 0.0928. The van der Waals surface area contributed by atoms with Crippen molar-refractivity contribution in [1.82, 2.24) is 4.90 Å². The standard InChI is InChI=1S/C14H18BrNO2/c1-3-16(11-5-6-11)9-13(17)10-4-7-14(18-2)12(15)8-10/h4,7-8,11H,3,5-6,9H2,1-2H3. The first-order chi connectivity index (χ1) is 8.65. The van der Waals surface area contributed by atoms with Crippen LogP contribution < -0.4 is 4.74 Å². The Hall–Kier alpha value is -0.870. The van der Waals surface area contributed by atoms with Crippen molar-refractivity contribution in [1.29, 1.82) is 0 Å². The van der Waals surface area contributed by atoms with E-state index >= 15 is 0 Å². The minimum atomic E-state index is 0.173. The van der Waals surface area contributed by atoms with Gasteiger partial charge in [-0.05, 0) is 53.5 Å². The van der Waals surface area contributed by atoms with Crippen molar-refractivity contribution in [2.24, 2.45) is 0 Å². The van der Waals surface area contributed by atoms with Gasteiger partial charge in [0.1, 0.15) is 5.75 Å². The van der Waals surface area contributed by atoms with Gasteiger partial charge in [0, 0.05) is 11.6 Å². The van der Waals surface area contributed by atoms with Gasteiger partial charge in [-0.25, -0.2) is 0 Å². The Bertz CT molecular complexity index is 443. The monoisotopic (exact) mass is 311 g/mol. The smallest absolute Gasteiger partial charge is 0.176 e. The van der Waals surface area contributed by atoms with E-state index in [1.54, 1.807) is 7.11 Å². The highest BCUT2D eigenvalue weighted by Gasteiger charge is 2.29. The summed E-state index contributed by atoms with van der Waals surface area (Å²) in [6, 6.07) is 6.11. The molecule has 4 heteroatoms. The molecule has 0 aromatic heterocycles. The average Bonchev–Trinajstić information content (AvgIpc) is 3.19. The molecule has 0 bridgehead atoms. The zero-order chi connectivity index (χ0) is 13.1. The lowest BCUT2D eigenvalue weighted by Gasteiger charge is -2.18. The van der Waals surface area contributed by atoms with Crippen LogP contribution in [0.4, 0.5) is 0 Å². The summed E-state index contributed by atoms with van der Waals surface area (Å²) in [5.74, 6) is 0.924. The fourth-order valence-electron chi connectivity index (χ4n) is 2.05. The molecule has 1 aliphatic rings. The number of nitrogens with zero attached hydrogens (tertiary/aromatic N) is 1. The number of benzene rings is 1. The van der Waals surface area contributed by atoms with Crippen molar-refractivity contribution in [3.05, 3.63) is 28.2 Å². The van der Waals surface area contributed by atoms with Crippen molar-refractivity contribution >= 4 is 21.7 Å². The maximum Gasteiger partial charge on any atom is 0.176 e. The van der Waals surface area contributed by atoms with E-state index < -0.39 is 0 Å². The first-order valence-corrected chi connectivity index (χ1v) is 7.05. The Morgan fingerprint density at radius 1 is 1.50 bits per heavy atom. The molecule has 1 saturated carbocycles. The molecule has 0 saturated heterocycles. The highest BCUT2D eigenvalue weighted by molar-refractivity contribution is 9.10. The van der Waals surface area contributed by atoms with Gasteiger partial charge in [0.2, 0.25) is 0 Å². The van der Waals surface area contributed by atoms with E-state index in [2.05, 4.69) is 27.8 Å². The molecule has 0 unspecified atom stereocenters. The quantitative estimate of drug-likeness (QED) is 0.756. The average molecular weight is 312 g/mol. The van der Waals surface area contributed by atoms with Crippen LogP contribution in [0.2, 0.25) is 0 Å². The van der Waals surface area contributed by atoms with Crippen LogP contribution in [0.5, 0.6) is 5.75 Å². The molecule has 2 rings (SSSR count). The summed E-state index contributed by atoms with van der Waals surface area (Å²) in [5.41, 5.74) is 0.738. The number of Topliss-reactive ketones (excluding diaryl/α,β-unsaturated/α-hetero) is 1. The number of hydrogen-bond acceptors (Lipinski definition) is 3. The second kappa shape index (κ2) is 5.85. The number of likely N-dealkylation sites (N-methyl/N-ethyl adjacent to an activating group) is 1. The molecule has 0 radical (unpaired) electrons. The maximum atomic E-state index is 12.2. The molecule has 1 aliphatic carbocycles. The first-order valence-electron chi connectivity index (χ1n) is 6.26. The molecule has 1 fully saturated rings. The molecule has 0 spiro atoms. The molecular formula is C14H18BrNO2. The van der Waals surface area contributed by atoms with Gasteiger partial charge in [0.25, 0.3) is 0 Å². The second-order valence-corrected chi connectivity index (χ2v) is 5.42. The van der Waals surface area contributed by atoms with Gasteiger partial charge in [0.15, 0.2) is 5.78 Å². The number of methoxy groups -OCH3 is 1. The zero-order valence-electron chi connectivity index (χ0n) is 10.8. The number of carbonyl (C=O) groups is 1. The van der Waals surface area contributed by atoms with Crippen LogP contribution in [-0.4, -0.2) is 36.9 Å². The number of hydrogen-bond donors (Lipinski definition) is 0. The molecule has 0 aliphatic heterocycles. The Balaban J connectivity index is 2.06. The first kappa shape index (κ1) is 13.6. The van der Waals surface area contributed by atoms with Gasteiger partial charge in [-0.15, -0.1) is 0 Å². The van der Waals surface area contributed by atoms with Crippen molar-refractivity contribution in [3.63, 3.8) is 0 Å². The summed E-state index contributed by atoms with van der Waals surface area (Å²) in [4.78, 5) is 14.4. The lowest BCUT2D eigenvalue weighted by atomic mass is 10.1. The fraction of sp³-hybridized carbons (Fsp3) is 0.500. The van der Waals surface area contributed by atoms with Crippen molar-refractivity contribution in [2.75, 3.05) is 20.2 Å². The Labute approximate surface area is 116 Å². The van der Waals surface area contributed by atoms with Crippen LogP contribution in [0, 0.1) is 0 Å². The topological polar surface area (TPSA) is 29.5 Å². The third-order valence-electron chi connectivity index (χ3n) is 3.29. The summed E-state index contributed by atoms with van der Waals surface area (Å²) in [6.45, 7) is 3.56. The molecular weight excluding hydrogens is 294 g/mol. The van der Waals surface area contributed by atoms with E-state index in [0.717, 1.165) is 22.3 Å². The van der Waals surface area contributed by atoms with E-state index in [9.17, 15) is 4.79 Å². The predicted octanol–water partition coefficient (Wildman–Crippen LogP) is 3.12. The van der Waals surface area contributed by atoms with Crippen LogP contribution in [0.1, 0.15) is 30.1 Å². The number of rotatable bonds is 6. The van der Waals surface area contributed by atoms with Gasteiger partial charge >= 0.3 is 0 Å². The van der Waals surface area contributed by atoms with Crippen LogP contribution in [0.15, 0.2) is 22.7 Å². The largest absolute Gasteiger partial charge is 0.496 e. The zero-order valence-corrected chi connectivity index (χ0v) is 12.4. The summed E-state index contributed by atoms with van der Waals surface area (Å²) in [5, 5.41) is 0.